The van der Waals surface area contributed by atoms with Gasteiger partial charge in [-0.15, -0.1) is 0 Å². The summed E-state index contributed by atoms with van der Waals surface area (Å²) in [6.07, 6.45) is 9.91. The number of benzene rings is 2. The van der Waals surface area contributed by atoms with E-state index in [1.54, 1.807) is 0 Å². The number of likely N-dealkylation sites (N-methyl/N-ethyl adjacent to an activating group) is 1. The second-order valence-corrected chi connectivity index (χ2v) is 9.57. The van der Waals surface area contributed by atoms with Crippen LogP contribution in [0.4, 0.5) is 5.69 Å². The van der Waals surface area contributed by atoms with E-state index < -0.39 is 0 Å². The predicted molar refractivity (Wildman–Crippen MR) is 171 cm³/mol. The average molecular weight is 533 g/mol. The van der Waals surface area contributed by atoms with Crippen molar-refractivity contribution in [3.8, 4) is 0 Å². The SMILES string of the molecule is C=C(C)OC(=C)c1ccc(N2CCC(N(C)C)C2)cc1.CC.CC/C=C(\C=C/COCc1ccccc1)CC. The molecule has 1 aliphatic heterocycles. The molecule has 3 rings (SSSR count). The van der Waals surface area contributed by atoms with Crippen molar-refractivity contribution >= 4 is 11.4 Å². The minimum Gasteiger partial charge on any atom is -0.463 e. The molecular weight excluding hydrogens is 480 g/mol. The van der Waals surface area contributed by atoms with Crippen LogP contribution >= 0.6 is 0 Å². The summed E-state index contributed by atoms with van der Waals surface area (Å²) in [5, 5.41) is 0. The summed E-state index contributed by atoms with van der Waals surface area (Å²) in [5.41, 5.74) is 4.87. The zero-order chi connectivity index (χ0) is 29.0. The molecule has 1 aliphatic rings. The Kier molecular flexibility index (Phi) is 17.3. The van der Waals surface area contributed by atoms with Gasteiger partial charge in [0.2, 0.25) is 0 Å². The predicted octanol–water partition coefficient (Wildman–Crippen LogP) is 8.88. The fraction of sp³-hybridized carbons (Fsp3) is 0.429. The largest absolute Gasteiger partial charge is 0.463 e. The number of nitrogens with zero attached hydrogens (tertiary/aromatic N) is 2. The molecule has 39 heavy (non-hydrogen) atoms. The van der Waals surface area contributed by atoms with E-state index in [9.17, 15) is 0 Å². The van der Waals surface area contributed by atoms with Crippen LogP contribution in [0.15, 0.2) is 97.3 Å². The van der Waals surface area contributed by atoms with Crippen LogP contribution in [0.2, 0.25) is 0 Å². The Hall–Kier alpha value is -3.08. The summed E-state index contributed by atoms with van der Waals surface area (Å²) in [4.78, 5) is 4.73. The van der Waals surface area contributed by atoms with Crippen LogP contribution in [0.3, 0.4) is 0 Å². The van der Waals surface area contributed by atoms with E-state index in [0.717, 1.165) is 31.5 Å². The van der Waals surface area contributed by atoms with Crippen LogP contribution in [0.5, 0.6) is 0 Å². The fourth-order valence-corrected chi connectivity index (χ4v) is 4.14. The molecule has 2 aromatic rings. The average Bonchev–Trinajstić information content (AvgIpc) is 3.45. The van der Waals surface area contributed by atoms with E-state index in [1.807, 2.05) is 39.0 Å². The fourth-order valence-electron chi connectivity index (χ4n) is 4.14. The Morgan fingerprint density at radius 2 is 1.69 bits per heavy atom. The normalized spacial score (nSPS) is 14.9. The van der Waals surface area contributed by atoms with Gasteiger partial charge in [-0.05, 0) is 70.1 Å². The minimum atomic E-state index is 0.649. The number of hydrogen-bond donors (Lipinski definition) is 0. The van der Waals surface area contributed by atoms with Crippen molar-refractivity contribution in [1.29, 1.82) is 0 Å². The molecule has 1 unspecified atom stereocenters. The highest BCUT2D eigenvalue weighted by molar-refractivity contribution is 5.62. The molecule has 4 heteroatoms. The molecule has 2 aromatic carbocycles. The van der Waals surface area contributed by atoms with Crippen LogP contribution < -0.4 is 4.90 Å². The number of rotatable bonds is 12. The third-order valence-electron chi connectivity index (χ3n) is 6.28. The van der Waals surface area contributed by atoms with Crippen LogP contribution in [0, 0.1) is 0 Å². The molecule has 0 aliphatic carbocycles. The summed E-state index contributed by atoms with van der Waals surface area (Å²) in [7, 11) is 4.30. The highest BCUT2D eigenvalue weighted by Gasteiger charge is 2.23. The number of allylic oxidation sites excluding steroid dienone is 4. The molecule has 1 saturated heterocycles. The first-order chi connectivity index (χ1) is 18.8. The Balaban J connectivity index is 0.000000371. The van der Waals surface area contributed by atoms with E-state index in [1.165, 1.54) is 23.2 Å². The van der Waals surface area contributed by atoms with Gasteiger partial charge < -0.3 is 19.3 Å². The molecule has 4 nitrogen and oxygen atoms in total. The van der Waals surface area contributed by atoms with E-state index in [0.29, 0.717) is 30.8 Å². The van der Waals surface area contributed by atoms with Crippen molar-refractivity contribution in [1.82, 2.24) is 4.90 Å². The van der Waals surface area contributed by atoms with Crippen LogP contribution in [0.25, 0.3) is 5.76 Å². The third-order valence-corrected chi connectivity index (χ3v) is 6.28. The van der Waals surface area contributed by atoms with Gasteiger partial charge in [0.25, 0.3) is 0 Å². The molecule has 0 spiro atoms. The molecule has 0 amide bonds. The zero-order valence-corrected chi connectivity index (χ0v) is 25.6. The van der Waals surface area contributed by atoms with E-state index in [-0.39, 0.29) is 0 Å². The monoisotopic (exact) mass is 532 g/mol. The highest BCUT2D eigenvalue weighted by Crippen LogP contribution is 2.25. The lowest BCUT2D eigenvalue weighted by Crippen LogP contribution is -2.31. The number of hydrogen-bond acceptors (Lipinski definition) is 4. The Bertz CT molecular complexity index is 1010. The van der Waals surface area contributed by atoms with Gasteiger partial charge in [-0.25, -0.2) is 0 Å². The molecule has 1 heterocycles. The lowest BCUT2D eigenvalue weighted by atomic mass is 10.1. The van der Waals surface area contributed by atoms with Crippen molar-refractivity contribution in [2.24, 2.45) is 0 Å². The van der Waals surface area contributed by atoms with E-state index in [2.05, 4.69) is 106 Å². The van der Waals surface area contributed by atoms with Crippen LogP contribution in [0.1, 0.15) is 65.0 Å². The molecule has 0 aromatic heterocycles. The molecular formula is C35H52N2O2. The maximum Gasteiger partial charge on any atom is 0.126 e. The smallest absolute Gasteiger partial charge is 0.126 e. The zero-order valence-electron chi connectivity index (χ0n) is 25.6. The summed E-state index contributed by atoms with van der Waals surface area (Å²) >= 11 is 0. The van der Waals surface area contributed by atoms with Gasteiger partial charge in [-0.2, -0.15) is 0 Å². The second-order valence-electron chi connectivity index (χ2n) is 9.57. The van der Waals surface area contributed by atoms with Gasteiger partial charge in [0, 0.05) is 30.4 Å². The Labute approximate surface area is 239 Å². The quantitative estimate of drug-likeness (QED) is 0.155. The van der Waals surface area contributed by atoms with Gasteiger partial charge in [-0.3, -0.25) is 0 Å². The lowest BCUT2D eigenvalue weighted by Gasteiger charge is -2.22. The molecule has 0 saturated carbocycles. The molecule has 0 radical (unpaired) electrons. The first kappa shape index (κ1) is 33.9. The van der Waals surface area contributed by atoms with Gasteiger partial charge in [0.1, 0.15) is 5.76 Å². The van der Waals surface area contributed by atoms with Gasteiger partial charge in [0.05, 0.1) is 19.0 Å². The maximum absolute atomic E-state index is 5.58. The maximum atomic E-state index is 5.58. The topological polar surface area (TPSA) is 24.9 Å². The summed E-state index contributed by atoms with van der Waals surface area (Å²) < 4.78 is 11.0. The molecule has 0 bridgehead atoms. The molecule has 0 N–H and O–H groups in total. The van der Waals surface area contributed by atoms with E-state index in [4.69, 9.17) is 9.47 Å². The summed E-state index contributed by atoms with van der Waals surface area (Å²) in [5.74, 6) is 1.31. The van der Waals surface area contributed by atoms with Crippen molar-refractivity contribution in [3.63, 3.8) is 0 Å². The van der Waals surface area contributed by atoms with Gasteiger partial charge >= 0.3 is 0 Å². The number of anilines is 1. The van der Waals surface area contributed by atoms with Crippen LogP contribution in [-0.4, -0.2) is 44.7 Å². The summed E-state index contributed by atoms with van der Waals surface area (Å²) in [6.45, 7) is 21.4. The van der Waals surface area contributed by atoms with Gasteiger partial charge in [0.15, 0.2) is 0 Å². The third kappa shape index (κ3) is 13.5. The summed E-state index contributed by atoms with van der Waals surface area (Å²) in [6, 6.07) is 19.3. The van der Waals surface area contributed by atoms with Crippen molar-refractivity contribution in [2.45, 2.75) is 66.5 Å². The highest BCUT2D eigenvalue weighted by atomic mass is 16.5. The van der Waals surface area contributed by atoms with Crippen molar-refractivity contribution in [2.75, 3.05) is 38.7 Å². The Morgan fingerprint density at radius 3 is 2.23 bits per heavy atom. The first-order valence-electron chi connectivity index (χ1n) is 14.3. The standard InChI is InChI=1S/C17H24N2O.C16H22O.C2H6/c1-13(2)20-14(3)15-6-8-16(9-7-15)19-11-10-17(12-19)18(4)5;1-3-9-15(4-2)12-8-13-17-14-16-10-6-5-7-11-16;1-2/h6-9,17H,1,3,10-12H2,2,4-5H3;5-12H,3-4,13-14H2,1-2H3;1-2H3/b;12-8-,15-9-;. The van der Waals surface area contributed by atoms with E-state index >= 15 is 0 Å². The lowest BCUT2D eigenvalue weighted by molar-refractivity contribution is 0.148. The second kappa shape index (κ2) is 19.9. The number of ether oxygens (including phenoxy) is 2. The first-order valence-corrected chi connectivity index (χ1v) is 14.3. The molecule has 1 atom stereocenters. The molecule has 1 fully saturated rings. The van der Waals surface area contributed by atoms with Crippen molar-refractivity contribution in [3.05, 3.63) is 108 Å². The Morgan fingerprint density at radius 1 is 1.03 bits per heavy atom. The van der Waals surface area contributed by atoms with Crippen LogP contribution in [-0.2, 0) is 16.1 Å². The van der Waals surface area contributed by atoms with Crippen molar-refractivity contribution < 1.29 is 9.47 Å². The van der Waals surface area contributed by atoms with Gasteiger partial charge in [-0.1, -0.05) is 95.0 Å². The molecule has 214 valence electrons. The minimum absolute atomic E-state index is 0.649.